The summed E-state index contributed by atoms with van der Waals surface area (Å²) in [4.78, 5) is 44.4. The highest BCUT2D eigenvalue weighted by atomic mass is 35.5. The van der Waals surface area contributed by atoms with Gasteiger partial charge in [0.1, 0.15) is 5.82 Å². The van der Waals surface area contributed by atoms with Gasteiger partial charge >= 0.3 is 0 Å². The van der Waals surface area contributed by atoms with E-state index in [9.17, 15) is 23.2 Å². The van der Waals surface area contributed by atoms with E-state index >= 15 is 0 Å². The number of halogens is 3. The molecule has 212 valence electrons. The Hall–Kier alpha value is -4.11. The Balaban J connectivity index is 1.53. The molecule has 5 rings (SSSR count). The molecule has 0 fully saturated rings. The summed E-state index contributed by atoms with van der Waals surface area (Å²) in [5, 5.41) is 5.55. The van der Waals surface area contributed by atoms with Crippen molar-refractivity contribution in [1.82, 2.24) is 9.88 Å². The van der Waals surface area contributed by atoms with Gasteiger partial charge in [0.15, 0.2) is 5.82 Å². The highest BCUT2D eigenvalue weighted by Gasteiger charge is 2.31. The maximum absolute atomic E-state index is 14.7. The van der Waals surface area contributed by atoms with Crippen molar-refractivity contribution in [1.29, 1.82) is 0 Å². The lowest BCUT2D eigenvalue weighted by atomic mass is 9.92. The zero-order chi connectivity index (χ0) is 29.3. The first-order valence-electron chi connectivity index (χ1n) is 13.5. The van der Waals surface area contributed by atoms with Gasteiger partial charge in [0.05, 0.1) is 28.0 Å². The van der Waals surface area contributed by atoms with Crippen molar-refractivity contribution >= 4 is 46.3 Å². The Labute approximate surface area is 241 Å². The molecular weight excluding hydrogens is 550 g/mol. The Morgan fingerprint density at radius 3 is 2.68 bits per heavy atom. The molecule has 2 aliphatic rings. The highest BCUT2D eigenvalue weighted by Crippen LogP contribution is 2.38. The van der Waals surface area contributed by atoms with Crippen molar-refractivity contribution in [3.8, 4) is 11.1 Å². The van der Waals surface area contributed by atoms with E-state index in [1.165, 1.54) is 13.0 Å². The van der Waals surface area contributed by atoms with Gasteiger partial charge in [-0.15, -0.1) is 0 Å². The number of nitrogens with zero attached hydrogens (tertiary/aromatic N) is 2. The zero-order valence-corrected chi connectivity index (χ0v) is 23.4. The molecule has 10 heteroatoms. The van der Waals surface area contributed by atoms with Crippen LogP contribution in [0.25, 0.3) is 16.7 Å². The fraction of sp³-hybridized carbons (Fsp3) is 0.290. The average molecular weight is 579 g/mol. The number of fused-ring (bicyclic) bond motifs is 4. The SMILES string of the molecule is CC(=O)Nc1ccc2c(c1)NC(=O)C(C)CCCC(N1CCC(c3c(F)ccc(Cl)c3F)=CC1=O)c1cc-2ccn1. The van der Waals surface area contributed by atoms with Crippen molar-refractivity contribution in [2.24, 2.45) is 5.92 Å². The first-order chi connectivity index (χ1) is 19.6. The molecular formula is C31H29ClF2N4O3. The third-order valence-corrected chi connectivity index (χ3v) is 7.83. The average Bonchev–Trinajstić information content (AvgIpc) is 2.93. The topological polar surface area (TPSA) is 91.4 Å². The molecule has 2 aliphatic heterocycles. The number of carbonyl (C=O) groups excluding carboxylic acids is 3. The second kappa shape index (κ2) is 11.8. The van der Waals surface area contributed by atoms with Crippen molar-refractivity contribution < 1.29 is 23.2 Å². The molecule has 2 atom stereocenters. The number of anilines is 2. The van der Waals surface area contributed by atoms with Gasteiger partial charge in [0.2, 0.25) is 17.7 Å². The van der Waals surface area contributed by atoms with Gasteiger partial charge in [0, 0.05) is 42.9 Å². The number of rotatable bonds is 3. The van der Waals surface area contributed by atoms with E-state index < -0.39 is 17.7 Å². The van der Waals surface area contributed by atoms with Crippen LogP contribution in [0.15, 0.2) is 54.7 Å². The number of benzene rings is 2. The summed E-state index contributed by atoms with van der Waals surface area (Å²) >= 11 is 5.89. The first kappa shape index (κ1) is 28.4. The summed E-state index contributed by atoms with van der Waals surface area (Å²) in [6.07, 6.45) is 4.94. The van der Waals surface area contributed by atoms with Gasteiger partial charge < -0.3 is 15.5 Å². The molecule has 2 unspecified atom stereocenters. The van der Waals surface area contributed by atoms with Crippen LogP contribution in [-0.2, 0) is 14.4 Å². The number of amides is 3. The predicted molar refractivity (Wildman–Crippen MR) is 154 cm³/mol. The molecule has 0 saturated heterocycles. The Morgan fingerprint density at radius 1 is 1.12 bits per heavy atom. The molecule has 3 heterocycles. The van der Waals surface area contributed by atoms with E-state index in [0.29, 0.717) is 36.3 Å². The number of hydrogen-bond donors (Lipinski definition) is 2. The van der Waals surface area contributed by atoms with E-state index in [0.717, 1.165) is 23.3 Å². The number of pyridine rings is 1. The van der Waals surface area contributed by atoms with Crippen LogP contribution in [0.2, 0.25) is 5.02 Å². The second-order valence-corrected chi connectivity index (χ2v) is 10.8. The van der Waals surface area contributed by atoms with E-state index in [1.807, 2.05) is 25.1 Å². The van der Waals surface area contributed by atoms with E-state index in [4.69, 9.17) is 11.6 Å². The van der Waals surface area contributed by atoms with Crippen LogP contribution in [0, 0.1) is 17.6 Å². The van der Waals surface area contributed by atoms with Crippen LogP contribution in [0.3, 0.4) is 0 Å². The zero-order valence-electron chi connectivity index (χ0n) is 22.6. The number of hydrogen-bond acceptors (Lipinski definition) is 4. The summed E-state index contributed by atoms with van der Waals surface area (Å²) in [5.41, 5.74) is 3.27. The molecule has 0 saturated carbocycles. The summed E-state index contributed by atoms with van der Waals surface area (Å²) in [6.45, 7) is 3.50. The van der Waals surface area contributed by atoms with Crippen molar-refractivity contribution in [3.05, 3.63) is 82.7 Å². The Bertz CT molecular complexity index is 1570. The molecule has 2 N–H and O–H groups in total. The van der Waals surface area contributed by atoms with Gasteiger partial charge in [-0.3, -0.25) is 19.4 Å². The minimum Gasteiger partial charge on any atom is -0.330 e. The molecule has 1 aromatic heterocycles. The largest absolute Gasteiger partial charge is 0.330 e. The van der Waals surface area contributed by atoms with Gasteiger partial charge in [0.25, 0.3) is 0 Å². The third-order valence-electron chi connectivity index (χ3n) is 7.54. The molecule has 7 nitrogen and oxygen atoms in total. The smallest absolute Gasteiger partial charge is 0.247 e. The molecule has 0 radical (unpaired) electrons. The second-order valence-electron chi connectivity index (χ2n) is 10.4. The minimum absolute atomic E-state index is 0.148. The maximum atomic E-state index is 14.7. The summed E-state index contributed by atoms with van der Waals surface area (Å²) in [6, 6.07) is 10.8. The lowest BCUT2D eigenvalue weighted by Crippen LogP contribution is -2.38. The lowest BCUT2D eigenvalue weighted by molar-refractivity contribution is -0.129. The molecule has 0 spiro atoms. The highest BCUT2D eigenvalue weighted by molar-refractivity contribution is 6.31. The maximum Gasteiger partial charge on any atom is 0.247 e. The van der Waals surface area contributed by atoms with Gasteiger partial charge in [-0.1, -0.05) is 31.0 Å². The van der Waals surface area contributed by atoms with Crippen LogP contribution in [0.4, 0.5) is 20.2 Å². The molecule has 0 aliphatic carbocycles. The Morgan fingerprint density at radius 2 is 1.93 bits per heavy atom. The van der Waals surface area contributed by atoms with Crippen LogP contribution >= 0.6 is 11.6 Å². The van der Waals surface area contributed by atoms with Crippen LogP contribution < -0.4 is 10.6 Å². The van der Waals surface area contributed by atoms with Crippen LogP contribution in [-0.4, -0.2) is 34.2 Å². The van der Waals surface area contributed by atoms with E-state index in [-0.39, 0.29) is 52.8 Å². The van der Waals surface area contributed by atoms with Crippen molar-refractivity contribution in [2.75, 3.05) is 17.2 Å². The lowest BCUT2D eigenvalue weighted by Gasteiger charge is -2.34. The van der Waals surface area contributed by atoms with Gasteiger partial charge in [-0.25, -0.2) is 8.78 Å². The number of aromatic nitrogens is 1. The van der Waals surface area contributed by atoms with Gasteiger partial charge in [-0.2, -0.15) is 0 Å². The Kier molecular flexibility index (Phi) is 8.17. The van der Waals surface area contributed by atoms with Crippen LogP contribution in [0.1, 0.15) is 56.8 Å². The standard InChI is InChI=1S/C31H29ClF2N4O3/c1-17-4-3-5-27(38-13-11-20(15-28(38)40)29-24(33)9-8-23(32)30(29)34)26-14-19(10-12-35-26)22-7-6-21(36-18(2)39)16-25(22)37-31(17)41/h6-10,12,14-17,27H,3-5,11,13H2,1-2H3,(H,36,39)(H,37,41). The summed E-state index contributed by atoms with van der Waals surface area (Å²) in [5.74, 6) is -2.71. The summed E-state index contributed by atoms with van der Waals surface area (Å²) < 4.78 is 29.2. The molecule has 2 aromatic carbocycles. The molecule has 41 heavy (non-hydrogen) atoms. The molecule has 3 amide bonds. The number of nitrogens with one attached hydrogen (secondary N) is 2. The number of carbonyl (C=O) groups is 3. The van der Waals surface area contributed by atoms with Gasteiger partial charge in [-0.05, 0) is 66.8 Å². The van der Waals surface area contributed by atoms with Crippen molar-refractivity contribution in [2.45, 2.75) is 45.6 Å². The van der Waals surface area contributed by atoms with Crippen LogP contribution in [0.5, 0.6) is 0 Å². The molecule has 2 bridgehead atoms. The normalized spacial score (nSPS) is 19.3. The molecule has 3 aromatic rings. The van der Waals surface area contributed by atoms with Crippen molar-refractivity contribution in [3.63, 3.8) is 0 Å². The quantitative estimate of drug-likeness (QED) is 0.336. The predicted octanol–water partition coefficient (Wildman–Crippen LogP) is 6.75. The monoisotopic (exact) mass is 578 g/mol. The summed E-state index contributed by atoms with van der Waals surface area (Å²) in [7, 11) is 0. The fourth-order valence-electron chi connectivity index (χ4n) is 5.43. The first-order valence-corrected chi connectivity index (χ1v) is 13.8. The van der Waals surface area contributed by atoms with E-state index in [1.54, 1.807) is 23.2 Å². The fourth-order valence-corrected chi connectivity index (χ4v) is 5.59. The van der Waals surface area contributed by atoms with E-state index in [2.05, 4.69) is 15.6 Å². The third kappa shape index (κ3) is 6.00. The minimum atomic E-state index is -0.882.